The molecule has 1 heterocycles. The van der Waals surface area contributed by atoms with Crippen LogP contribution in [0.2, 0.25) is 0 Å². The second-order valence-corrected chi connectivity index (χ2v) is 5.50. The van der Waals surface area contributed by atoms with Crippen LogP contribution in [0.5, 0.6) is 0 Å². The maximum Gasteiger partial charge on any atom is 0.219 e. The molecule has 0 fully saturated rings. The highest BCUT2D eigenvalue weighted by Crippen LogP contribution is 2.29. The summed E-state index contributed by atoms with van der Waals surface area (Å²) < 4.78 is 2.07. The first-order chi connectivity index (χ1) is 8.29. The van der Waals surface area contributed by atoms with Gasteiger partial charge in [0.05, 0.1) is 10.2 Å². The van der Waals surface area contributed by atoms with Crippen LogP contribution in [0.3, 0.4) is 0 Å². The van der Waals surface area contributed by atoms with Crippen LogP contribution in [0, 0.1) is 0 Å². The first-order valence-corrected chi connectivity index (χ1v) is 6.66. The lowest BCUT2D eigenvalue weighted by Gasteiger charge is -1.92. The van der Waals surface area contributed by atoms with Gasteiger partial charge in [-0.05, 0) is 22.8 Å². The van der Waals surface area contributed by atoms with Crippen molar-refractivity contribution in [1.82, 2.24) is 4.98 Å². The third-order valence-corrected chi connectivity index (χ3v) is 4.15. The van der Waals surface area contributed by atoms with Crippen LogP contribution in [-0.4, -0.2) is 16.6 Å². The van der Waals surface area contributed by atoms with Crippen LogP contribution < -0.4 is 0 Å². The normalized spacial score (nSPS) is 10.1. The summed E-state index contributed by atoms with van der Waals surface area (Å²) in [5, 5.41) is 3.01. The van der Waals surface area contributed by atoms with Crippen molar-refractivity contribution in [2.45, 2.75) is 10.8 Å². The SMILES string of the molecule is [N-]=[N+]=NC(=O)CCSc1nc2ccccc2s1. The summed E-state index contributed by atoms with van der Waals surface area (Å²) in [5.41, 5.74) is 9.04. The number of fused-ring (bicyclic) bond motifs is 1. The van der Waals surface area contributed by atoms with Gasteiger partial charge in [0.1, 0.15) is 0 Å². The highest BCUT2D eigenvalue weighted by Gasteiger charge is 2.04. The predicted octanol–water partition coefficient (Wildman–Crippen LogP) is 3.62. The summed E-state index contributed by atoms with van der Waals surface area (Å²) in [4.78, 5) is 17.8. The molecule has 0 spiro atoms. The number of amides is 1. The first-order valence-electron chi connectivity index (χ1n) is 4.86. The molecular weight excluding hydrogens is 256 g/mol. The van der Waals surface area contributed by atoms with E-state index in [1.165, 1.54) is 11.8 Å². The number of nitrogens with zero attached hydrogens (tertiary/aromatic N) is 4. The summed E-state index contributed by atoms with van der Waals surface area (Å²) in [6.45, 7) is 0. The molecule has 0 atom stereocenters. The number of thioether (sulfide) groups is 1. The third kappa shape index (κ3) is 3.20. The molecule has 0 N–H and O–H groups in total. The highest BCUT2D eigenvalue weighted by atomic mass is 32.2. The molecule has 0 aliphatic heterocycles. The summed E-state index contributed by atoms with van der Waals surface area (Å²) >= 11 is 3.10. The minimum Gasteiger partial charge on any atom is -0.293 e. The fourth-order valence-electron chi connectivity index (χ4n) is 1.24. The van der Waals surface area contributed by atoms with Crippen molar-refractivity contribution < 1.29 is 4.79 Å². The van der Waals surface area contributed by atoms with Crippen molar-refractivity contribution in [2.24, 2.45) is 5.11 Å². The summed E-state index contributed by atoms with van der Waals surface area (Å²) in [5.74, 6) is 0.152. The van der Waals surface area contributed by atoms with Crippen molar-refractivity contribution in [3.05, 3.63) is 34.7 Å². The van der Waals surface area contributed by atoms with E-state index < -0.39 is 5.91 Å². The van der Waals surface area contributed by atoms with E-state index in [1.807, 2.05) is 24.3 Å². The number of rotatable bonds is 4. The summed E-state index contributed by atoms with van der Waals surface area (Å²) in [6, 6.07) is 7.89. The fourth-order valence-corrected chi connectivity index (χ4v) is 3.30. The molecule has 2 aromatic rings. The Kier molecular flexibility index (Phi) is 3.98. The Labute approximate surface area is 105 Å². The summed E-state index contributed by atoms with van der Waals surface area (Å²) in [6.07, 6.45) is 0.241. The van der Waals surface area contributed by atoms with Crippen LogP contribution in [-0.2, 0) is 4.79 Å². The van der Waals surface area contributed by atoms with Crippen LogP contribution in [0.1, 0.15) is 6.42 Å². The molecule has 1 amide bonds. The second kappa shape index (κ2) is 5.67. The maximum absolute atomic E-state index is 11.0. The number of benzene rings is 1. The van der Waals surface area contributed by atoms with Gasteiger partial charge in [0.15, 0.2) is 4.34 Å². The molecule has 0 aliphatic rings. The van der Waals surface area contributed by atoms with E-state index >= 15 is 0 Å². The smallest absolute Gasteiger partial charge is 0.219 e. The highest BCUT2D eigenvalue weighted by molar-refractivity contribution is 8.01. The molecule has 1 aromatic heterocycles. The Morgan fingerprint density at radius 2 is 2.35 bits per heavy atom. The van der Waals surface area contributed by atoms with E-state index in [2.05, 4.69) is 15.0 Å². The Hall–Kier alpha value is -1.56. The molecule has 7 heteroatoms. The number of azide groups is 1. The van der Waals surface area contributed by atoms with E-state index in [9.17, 15) is 4.79 Å². The zero-order valence-corrected chi connectivity index (χ0v) is 10.4. The summed E-state index contributed by atoms with van der Waals surface area (Å²) in [7, 11) is 0. The zero-order valence-electron chi connectivity index (χ0n) is 8.74. The minimum atomic E-state index is -0.430. The van der Waals surface area contributed by atoms with E-state index in [1.54, 1.807) is 11.3 Å². The molecule has 1 aromatic carbocycles. The molecule has 0 radical (unpaired) electrons. The van der Waals surface area contributed by atoms with Gasteiger partial charge in [0.25, 0.3) is 0 Å². The standard InChI is InChI=1S/C10H8N4OS2/c11-14-13-9(15)5-6-16-10-12-7-3-1-2-4-8(7)17-10/h1-4H,5-6H2. The Morgan fingerprint density at radius 1 is 1.53 bits per heavy atom. The average molecular weight is 264 g/mol. The van der Waals surface area contributed by atoms with E-state index in [-0.39, 0.29) is 6.42 Å². The molecule has 17 heavy (non-hydrogen) atoms. The van der Waals surface area contributed by atoms with Gasteiger partial charge >= 0.3 is 0 Å². The lowest BCUT2D eigenvalue weighted by molar-refractivity contribution is -0.117. The zero-order chi connectivity index (χ0) is 12.1. The molecule has 0 unspecified atom stereocenters. The van der Waals surface area contributed by atoms with Crippen LogP contribution >= 0.6 is 23.1 Å². The Balaban J connectivity index is 1.95. The molecule has 0 saturated carbocycles. The number of hydrogen-bond acceptors (Lipinski definition) is 4. The fraction of sp³-hybridized carbons (Fsp3) is 0.200. The molecule has 0 saturated heterocycles. The van der Waals surface area contributed by atoms with Gasteiger partial charge in [-0.1, -0.05) is 23.9 Å². The number of thiazole rings is 1. The molecular formula is C10H8N4OS2. The first kappa shape index (κ1) is 11.9. The van der Waals surface area contributed by atoms with Gasteiger partial charge in [0, 0.05) is 17.1 Å². The van der Waals surface area contributed by atoms with Gasteiger partial charge in [-0.15, -0.1) is 11.3 Å². The lowest BCUT2D eigenvalue weighted by Crippen LogP contribution is -1.92. The molecule has 5 nitrogen and oxygen atoms in total. The van der Waals surface area contributed by atoms with Gasteiger partial charge in [-0.25, -0.2) is 4.98 Å². The topological polar surface area (TPSA) is 78.7 Å². The molecule has 0 aliphatic carbocycles. The Bertz CT molecular complexity index is 556. The van der Waals surface area contributed by atoms with Crippen LogP contribution in [0.15, 0.2) is 33.7 Å². The predicted molar refractivity (Wildman–Crippen MR) is 69.1 cm³/mol. The van der Waals surface area contributed by atoms with E-state index in [0.717, 1.165) is 14.6 Å². The van der Waals surface area contributed by atoms with Crippen molar-refractivity contribution >= 4 is 39.2 Å². The molecule has 86 valence electrons. The van der Waals surface area contributed by atoms with Crippen LogP contribution in [0.4, 0.5) is 0 Å². The second-order valence-electron chi connectivity index (χ2n) is 3.13. The average Bonchev–Trinajstić information content (AvgIpc) is 2.71. The number of aromatic nitrogens is 1. The third-order valence-electron chi connectivity index (χ3n) is 1.97. The lowest BCUT2D eigenvalue weighted by atomic mass is 10.3. The van der Waals surface area contributed by atoms with Crippen LogP contribution in [0.25, 0.3) is 20.7 Å². The largest absolute Gasteiger partial charge is 0.293 e. The van der Waals surface area contributed by atoms with Gasteiger partial charge in [0.2, 0.25) is 5.91 Å². The van der Waals surface area contributed by atoms with Gasteiger partial charge in [-0.2, -0.15) is 0 Å². The van der Waals surface area contributed by atoms with E-state index in [4.69, 9.17) is 5.53 Å². The number of hydrogen-bond donors (Lipinski definition) is 0. The van der Waals surface area contributed by atoms with Crippen molar-refractivity contribution in [3.8, 4) is 0 Å². The Morgan fingerprint density at radius 3 is 3.12 bits per heavy atom. The molecule has 0 bridgehead atoms. The quantitative estimate of drug-likeness (QED) is 0.366. The van der Waals surface area contributed by atoms with Crippen molar-refractivity contribution in [2.75, 3.05) is 5.75 Å². The molecule has 2 rings (SSSR count). The number of carbonyl (C=O) groups excluding carboxylic acids is 1. The van der Waals surface area contributed by atoms with Crippen molar-refractivity contribution in [1.29, 1.82) is 0 Å². The van der Waals surface area contributed by atoms with E-state index in [0.29, 0.717) is 5.75 Å². The number of para-hydroxylation sites is 1. The monoisotopic (exact) mass is 264 g/mol. The maximum atomic E-state index is 11.0. The van der Waals surface area contributed by atoms with Gasteiger partial charge < -0.3 is 0 Å². The van der Waals surface area contributed by atoms with Crippen molar-refractivity contribution in [3.63, 3.8) is 0 Å². The number of carbonyl (C=O) groups is 1. The minimum absolute atomic E-state index is 0.241. The van der Waals surface area contributed by atoms with Gasteiger partial charge in [-0.3, -0.25) is 4.79 Å².